The number of carbonyl (C=O) groups is 1. The van der Waals surface area contributed by atoms with E-state index in [0.29, 0.717) is 12.8 Å². The maximum Gasteiger partial charge on any atom is 0.234 e. The van der Waals surface area contributed by atoms with Crippen LogP contribution in [0.4, 0.5) is 0 Å². The van der Waals surface area contributed by atoms with E-state index in [0.717, 1.165) is 41.4 Å². The highest BCUT2D eigenvalue weighted by atomic mass is 32.2. The molecule has 0 saturated carbocycles. The number of amides is 1. The Kier molecular flexibility index (Phi) is 7.17. The number of aromatic hydroxyl groups is 1. The molecular formula is C24H28N4O2S2. The van der Waals surface area contributed by atoms with Crippen LogP contribution in [0.5, 0.6) is 5.75 Å². The summed E-state index contributed by atoms with van der Waals surface area (Å²) < 4.78 is 0. The summed E-state index contributed by atoms with van der Waals surface area (Å²) in [5, 5.41) is 22.6. The number of phenolic OH excluding ortho intramolecular Hbond substituents is 1. The van der Waals surface area contributed by atoms with Crippen molar-refractivity contribution in [1.29, 1.82) is 5.26 Å². The summed E-state index contributed by atoms with van der Waals surface area (Å²) in [6.07, 6.45) is 5.65. The van der Waals surface area contributed by atoms with E-state index in [1.54, 1.807) is 23.9 Å². The molecule has 0 bridgehead atoms. The predicted octanol–water partition coefficient (Wildman–Crippen LogP) is 5.04. The number of nitrogens with one attached hydrogen (secondary N) is 2. The summed E-state index contributed by atoms with van der Waals surface area (Å²) in [6.45, 7) is 3.98. The predicted molar refractivity (Wildman–Crippen MR) is 128 cm³/mol. The lowest BCUT2D eigenvalue weighted by Crippen LogP contribution is -2.41. The summed E-state index contributed by atoms with van der Waals surface area (Å²) in [7, 11) is 0. The van der Waals surface area contributed by atoms with Gasteiger partial charge in [0.1, 0.15) is 5.75 Å². The number of carbonyl (C=O) groups excluding carboxylic acids is 1. The van der Waals surface area contributed by atoms with Crippen molar-refractivity contribution in [2.45, 2.75) is 68.2 Å². The largest absolute Gasteiger partial charge is 0.508 e. The minimum atomic E-state index is -0.278. The van der Waals surface area contributed by atoms with Crippen LogP contribution in [0.1, 0.15) is 56.0 Å². The van der Waals surface area contributed by atoms with Gasteiger partial charge >= 0.3 is 0 Å². The molecule has 1 aliphatic heterocycles. The topological polar surface area (TPSA) is 102 Å². The fourth-order valence-electron chi connectivity index (χ4n) is 4.22. The van der Waals surface area contributed by atoms with E-state index in [2.05, 4.69) is 16.4 Å². The smallest absolute Gasteiger partial charge is 0.234 e. The average molecular weight is 469 g/mol. The minimum Gasteiger partial charge on any atom is -0.508 e. The molecule has 1 aromatic carbocycles. The first-order valence-corrected chi connectivity index (χ1v) is 12.8. The SMILES string of the molecule is CCC(Sc1nc(Cc2ccc(O)cc2)c(C)[nH]1)C(=O)NC1SC2=C(CCCC2)C1C#N. The molecule has 0 saturated heterocycles. The second kappa shape index (κ2) is 10.1. The number of nitrogens with zero attached hydrogens (tertiary/aromatic N) is 2. The van der Waals surface area contributed by atoms with E-state index >= 15 is 0 Å². The lowest BCUT2D eigenvalue weighted by atomic mass is 9.90. The second-order valence-corrected chi connectivity index (χ2v) is 10.7. The normalized spacial score (nSPS) is 21.2. The molecule has 1 aliphatic carbocycles. The summed E-state index contributed by atoms with van der Waals surface area (Å²) in [4.78, 5) is 22.4. The number of H-pyrrole nitrogens is 1. The number of nitriles is 1. The van der Waals surface area contributed by atoms with Gasteiger partial charge in [-0.15, -0.1) is 11.8 Å². The minimum absolute atomic E-state index is 0.0377. The summed E-state index contributed by atoms with van der Waals surface area (Å²) in [5.41, 5.74) is 4.22. The van der Waals surface area contributed by atoms with Crippen molar-refractivity contribution in [2.24, 2.45) is 5.92 Å². The molecule has 168 valence electrons. The molecule has 3 atom stereocenters. The van der Waals surface area contributed by atoms with Crippen LogP contribution in [-0.4, -0.2) is 31.6 Å². The van der Waals surface area contributed by atoms with E-state index in [9.17, 15) is 15.2 Å². The van der Waals surface area contributed by atoms with Gasteiger partial charge in [0.2, 0.25) is 5.91 Å². The number of benzene rings is 1. The quantitative estimate of drug-likeness (QED) is 0.492. The molecule has 2 heterocycles. The Hall–Kier alpha value is -2.37. The first-order chi connectivity index (χ1) is 15.5. The van der Waals surface area contributed by atoms with Gasteiger partial charge in [-0.3, -0.25) is 4.79 Å². The number of hydrogen-bond donors (Lipinski definition) is 3. The Morgan fingerprint density at radius 3 is 2.84 bits per heavy atom. The fourth-order valence-corrected chi connectivity index (χ4v) is 6.69. The van der Waals surface area contributed by atoms with Crippen molar-refractivity contribution < 1.29 is 9.90 Å². The summed E-state index contributed by atoms with van der Waals surface area (Å²) in [6, 6.07) is 9.55. The number of thioether (sulfide) groups is 2. The van der Waals surface area contributed by atoms with Crippen LogP contribution in [0.25, 0.3) is 0 Å². The van der Waals surface area contributed by atoms with E-state index in [1.807, 2.05) is 26.0 Å². The summed E-state index contributed by atoms with van der Waals surface area (Å²) in [5.74, 6) is -0.00980. The van der Waals surface area contributed by atoms with Gasteiger partial charge in [-0.05, 0) is 67.2 Å². The molecule has 0 fully saturated rings. The maximum absolute atomic E-state index is 13.1. The van der Waals surface area contributed by atoms with Crippen LogP contribution in [0, 0.1) is 24.2 Å². The van der Waals surface area contributed by atoms with Gasteiger partial charge in [0.15, 0.2) is 5.16 Å². The number of aromatic nitrogens is 2. The van der Waals surface area contributed by atoms with E-state index < -0.39 is 0 Å². The molecule has 0 radical (unpaired) electrons. The van der Waals surface area contributed by atoms with Gasteiger partial charge in [0, 0.05) is 12.1 Å². The molecule has 6 nitrogen and oxygen atoms in total. The Labute approximate surface area is 197 Å². The number of allylic oxidation sites excluding steroid dienone is 1. The van der Waals surface area contributed by atoms with Gasteiger partial charge < -0.3 is 15.4 Å². The van der Waals surface area contributed by atoms with Crippen LogP contribution < -0.4 is 5.32 Å². The van der Waals surface area contributed by atoms with Gasteiger partial charge in [0.25, 0.3) is 0 Å². The van der Waals surface area contributed by atoms with Crippen molar-refractivity contribution in [3.05, 3.63) is 51.7 Å². The molecule has 1 amide bonds. The van der Waals surface area contributed by atoms with Gasteiger partial charge in [-0.2, -0.15) is 5.26 Å². The highest BCUT2D eigenvalue weighted by Crippen LogP contribution is 2.47. The Bertz CT molecular complexity index is 1050. The highest BCUT2D eigenvalue weighted by Gasteiger charge is 2.38. The molecule has 2 aliphatic rings. The van der Waals surface area contributed by atoms with Crippen molar-refractivity contribution in [1.82, 2.24) is 15.3 Å². The van der Waals surface area contributed by atoms with Crippen molar-refractivity contribution in [2.75, 3.05) is 0 Å². The number of imidazole rings is 1. The van der Waals surface area contributed by atoms with Crippen LogP contribution in [-0.2, 0) is 11.2 Å². The molecular weight excluding hydrogens is 440 g/mol. The first kappa shape index (κ1) is 22.8. The van der Waals surface area contributed by atoms with Crippen LogP contribution in [0.15, 0.2) is 39.9 Å². The average Bonchev–Trinajstić information content (AvgIpc) is 3.32. The third-order valence-electron chi connectivity index (χ3n) is 6.02. The van der Waals surface area contributed by atoms with Crippen molar-refractivity contribution in [3.8, 4) is 11.8 Å². The lowest BCUT2D eigenvalue weighted by Gasteiger charge is -2.20. The molecule has 1 aromatic heterocycles. The highest BCUT2D eigenvalue weighted by molar-refractivity contribution is 8.04. The number of rotatable bonds is 7. The van der Waals surface area contributed by atoms with Crippen LogP contribution >= 0.6 is 23.5 Å². The monoisotopic (exact) mass is 468 g/mol. The van der Waals surface area contributed by atoms with Crippen LogP contribution in [0.2, 0.25) is 0 Å². The van der Waals surface area contributed by atoms with Gasteiger partial charge in [0.05, 0.1) is 28.3 Å². The zero-order valence-electron chi connectivity index (χ0n) is 18.4. The number of hydrogen-bond acceptors (Lipinski definition) is 6. The van der Waals surface area contributed by atoms with Gasteiger partial charge in [-0.1, -0.05) is 30.8 Å². The second-order valence-electron chi connectivity index (χ2n) is 8.28. The third kappa shape index (κ3) is 5.00. The van der Waals surface area contributed by atoms with E-state index in [-0.39, 0.29) is 28.2 Å². The van der Waals surface area contributed by atoms with E-state index in [4.69, 9.17) is 4.98 Å². The summed E-state index contributed by atoms with van der Waals surface area (Å²) >= 11 is 3.11. The zero-order valence-corrected chi connectivity index (χ0v) is 20.0. The molecule has 2 aromatic rings. The maximum atomic E-state index is 13.1. The Balaban J connectivity index is 1.39. The number of aromatic amines is 1. The molecule has 4 rings (SSSR count). The standard InChI is InChI=1S/C24H28N4O2S2/c1-3-20(22(30)28-23-18(13-25)17-6-4-5-7-21(17)31-23)32-24-26-14(2)19(27-24)12-15-8-10-16(29)11-9-15/h8-11,18,20,23,29H,3-7,12H2,1-2H3,(H,26,27)(H,28,30). The Morgan fingerprint density at radius 2 is 2.12 bits per heavy atom. The van der Waals surface area contributed by atoms with Gasteiger partial charge in [-0.25, -0.2) is 4.98 Å². The van der Waals surface area contributed by atoms with Crippen molar-refractivity contribution >= 4 is 29.4 Å². The molecule has 0 spiro atoms. The van der Waals surface area contributed by atoms with Crippen molar-refractivity contribution in [3.63, 3.8) is 0 Å². The van der Waals surface area contributed by atoms with Crippen LogP contribution in [0.3, 0.4) is 0 Å². The first-order valence-electron chi connectivity index (χ1n) is 11.1. The molecule has 32 heavy (non-hydrogen) atoms. The molecule has 8 heteroatoms. The fraction of sp³-hybridized carbons (Fsp3) is 0.458. The Morgan fingerprint density at radius 1 is 1.38 bits per heavy atom. The third-order valence-corrected chi connectivity index (χ3v) is 8.66. The number of aryl methyl sites for hydroxylation is 1. The molecule has 3 N–H and O–H groups in total. The lowest BCUT2D eigenvalue weighted by molar-refractivity contribution is -0.120. The van der Waals surface area contributed by atoms with E-state index in [1.165, 1.54) is 28.7 Å². The molecule has 3 unspecified atom stereocenters. The number of phenols is 1. The zero-order chi connectivity index (χ0) is 22.7.